The van der Waals surface area contributed by atoms with E-state index in [4.69, 9.17) is 0 Å². The van der Waals surface area contributed by atoms with Crippen molar-refractivity contribution in [2.75, 3.05) is 20.1 Å². The Morgan fingerprint density at radius 1 is 1.53 bits per heavy atom. The Morgan fingerprint density at radius 2 is 2.41 bits per heavy atom. The normalized spacial score (nSPS) is 21.1. The van der Waals surface area contributed by atoms with Gasteiger partial charge in [0.1, 0.15) is 12.1 Å². The molecule has 0 spiro atoms. The van der Waals surface area contributed by atoms with Crippen LogP contribution in [0.4, 0.5) is 0 Å². The van der Waals surface area contributed by atoms with Crippen molar-refractivity contribution in [1.29, 1.82) is 0 Å². The van der Waals surface area contributed by atoms with Crippen LogP contribution in [-0.2, 0) is 0 Å². The number of rotatable bonds is 2. The summed E-state index contributed by atoms with van der Waals surface area (Å²) in [5.41, 5.74) is 1.70. The Labute approximate surface area is 99.9 Å². The van der Waals surface area contributed by atoms with Crippen LogP contribution in [0, 0.1) is 0 Å². The van der Waals surface area contributed by atoms with Crippen LogP contribution in [0.5, 0.6) is 0 Å². The minimum absolute atomic E-state index is 0.504. The summed E-state index contributed by atoms with van der Waals surface area (Å²) in [6.07, 6.45) is 5.82. The fourth-order valence-electron chi connectivity index (χ4n) is 2.56. The van der Waals surface area contributed by atoms with Crippen molar-refractivity contribution in [2.24, 2.45) is 0 Å². The molecule has 1 fully saturated rings. The molecule has 0 N–H and O–H groups in total. The van der Waals surface area contributed by atoms with Crippen molar-refractivity contribution in [3.63, 3.8) is 0 Å². The number of pyridine rings is 1. The molecule has 3 rings (SSSR count). The molecule has 88 valence electrons. The number of carbonyl (C=O) groups excluding carboxylic acids is 1. The number of fused-ring (bicyclic) bond motifs is 1. The van der Waals surface area contributed by atoms with Crippen LogP contribution in [-0.4, -0.2) is 40.7 Å². The third-order valence-electron chi connectivity index (χ3n) is 3.48. The van der Waals surface area contributed by atoms with E-state index in [0.717, 1.165) is 37.1 Å². The molecular formula is C13H15N3O. The number of carbonyl (C=O) groups is 1. The summed E-state index contributed by atoms with van der Waals surface area (Å²) in [6, 6.07) is 3.71. The zero-order chi connectivity index (χ0) is 11.8. The molecule has 0 saturated carbocycles. The first-order valence-corrected chi connectivity index (χ1v) is 5.88. The Hall–Kier alpha value is -1.68. The number of likely N-dealkylation sites (N-methyl/N-ethyl adjacent to an activating group) is 1. The lowest BCUT2D eigenvalue weighted by Gasteiger charge is -2.09. The van der Waals surface area contributed by atoms with Crippen LogP contribution in [0.1, 0.15) is 28.5 Å². The Morgan fingerprint density at radius 3 is 3.12 bits per heavy atom. The van der Waals surface area contributed by atoms with E-state index in [1.165, 1.54) is 0 Å². The molecule has 4 heteroatoms. The van der Waals surface area contributed by atoms with Gasteiger partial charge in [0.25, 0.3) is 0 Å². The van der Waals surface area contributed by atoms with Gasteiger partial charge in [-0.1, -0.05) is 0 Å². The number of nitrogens with zero attached hydrogens (tertiary/aromatic N) is 3. The second-order valence-corrected chi connectivity index (χ2v) is 4.74. The molecule has 0 radical (unpaired) electrons. The minimum atomic E-state index is 0.504. The molecule has 0 bridgehead atoms. The van der Waals surface area contributed by atoms with Crippen LogP contribution in [0.3, 0.4) is 0 Å². The lowest BCUT2D eigenvalue weighted by Crippen LogP contribution is -2.14. The molecule has 1 aliphatic heterocycles. The molecule has 3 heterocycles. The van der Waals surface area contributed by atoms with E-state index in [1.54, 1.807) is 0 Å². The Kier molecular flexibility index (Phi) is 2.44. The average molecular weight is 229 g/mol. The maximum Gasteiger partial charge on any atom is 0.150 e. The zero-order valence-corrected chi connectivity index (χ0v) is 9.84. The fraction of sp³-hybridized carbons (Fsp3) is 0.385. The molecule has 2 aromatic heterocycles. The first-order valence-electron chi connectivity index (χ1n) is 5.88. The van der Waals surface area contributed by atoms with Crippen molar-refractivity contribution in [3.05, 3.63) is 35.9 Å². The largest absolute Gasteiger partial charge is 0.306 e. The van der Waals surface area contributed by atoms with Gasteiger partial charge in [-0.3, -0.25) is 4.79 Å². The van der Waals surface area contributed by atoms with Crippen LogP contribution in [0.15, 0.2) is 24.5 Å². The van der Waals surface area contributed by atoms with Gasteiger partial charge in [0, 0.05) is 24.2 Å². The van der Waals surface area contributed by atoms with E-state index in [1.807, 2.05) is 24.5 Å². The molecule has 4 nitrogen and oxygen atoms in total. The summed E-state index contributed by atoms with van der Waals surface area (Å²) in [4.78, 5) is 17.6. The molecule has 0 amide bonds. The van der Waals surface area contributed by atoms with Gasteiger partial charge in [-0.25, -0.2) is 4.98 Å². The van der Waals surface area contributed by atoms with Crippen molar-refractivity contribution in [2.45, 2.75) is 12.3 Å². The van der Waals surface area contributed by atoms with Gasteiger partial charge in [0.05, 0.1) is 11.7 Å². The molecule has 17 heavy (non-hydrogen) atoms. The average Bonchev–Trinajstić information content (AvgIpc) is 2.93. The van der Waals surface area contributed by atoms with Crippen LogP contribution in [0.2, 0.25) is 0 Å². The SMILES string of the molecule is CN1CCC(c2ncc3cc(C=O)ccn23)C1. The number of likely N-dealkylation sites (tertiary alicyclic amines) is 1. The predicted octanol–water partition coefficient (Wildman–Crippen LogP) is 1.57. The maximum atomic E-state index is 10.7. The highest BCUT2D eigenvalue weighted by atomic mass is 16.1. The lowest BCUT2D eigenvalue weighted by atomic mass is 10.1. The van der Waals surface area contributed by atoms with Crippen molar-refractivity contribution in [1.82, 2.24) is 14.3 Å². The predicted molar refractivity (Wildman–Crippen MR) is 65.4 cm³/mol. The van der Waals surface area contributed by atoms with Gasteiger partial charge < -0.3 is 9.30 Å². The molecule has 1 aliphatic rings. The molecule has 2 aromatic rings. The molecule has 1 atom stereocenters. The number of imidazole rings is 1. The second-order valence-electron chi connectivity index (χ2n) is 4.74. The van der Waals surface area contributed by atoms with Gasteiger partial charge in [-0.2, -0.15) is 0 Å². The summed E-state index contributed by atoms with van der Waals surface area (Å²) in [5.74, 6) is 1.62. The van der Waals surface area contributed by atoms with Crippen LogP contribution < -0.4 is 0 Å². The van der Waals surface area contributed by atoms with E-state index in [9.17, 15) is 4.79 Å². The van der Waals surface area contributed by atoms with Gasteiger partial charge >= 0.3 is 0 Å². The van der Waals surface area contributed by atoms with E-state index in [0.29, 0.717) is 11.5 Å². The summed E-state index contributed by atoms with van der Waals surface area (Å²) in [7, 11) is 2.14. The fourth-order valence-corrected chi connectivity index (χ4v) is 2.56. The summed E-state index contributed by atoms with van der Waals surface area (Å²) < 4.78 is 2.09. The summed E-state index contributed by atoms with van der Waals surface area (Å²) >= 11 is 0. The quantitative estimate of drug-likeness (QED) is 0.733. The van der Waals surface area contributed by atoms with Gasteiger partial charge in [-0.15, -0.1) is 0 Å². The van der Waals surface area contributed by atoms with E-state index in [-0.39, 0.29) is 0 Å². The third-order valence-corrected chi connectivity index (χ3v) is 3.48. The maximum absolute atomic E-state index is 10.7. The minimum Gasteiger partial charge on any atom is -0.306 e. The molecular weight excluding hydrogens is 214 g/mol. The molecule has 0 aromatic carbocycles. The first-order chi connectivity index (χ1) is 8.28. The number of aromatic nitrogens is 2. The Balaban J connectivity index is 2.03. The topological polar surface area (TPSA) is 37.6 Å². The first kappa shape index (κ1) is 10.5. The summed E-state index contributed by atoms with van der Waals surface area (Å²) in [5, 5.41) is 0. The number of hydrogen-bond acceptors (Lipinski definition) is 3. The van der Waals surface area contributed by atoms with E-state index >= 15 is 0 Å². The van der Waals surface area contributed by atoms with Gasteiger partial charge in [-0.05, 0) is 32.1 Å². The highest BCUT2D eigenvalue weighted by Crippen LogP contribution is 2.25. The molecule has 1 saturated heterocycles. The van der Waals surface area contributed by atoms with Crippen molar-refractivity contribution < 1.29 is 4.79 Å². The molecule has 0 aliphatic carbocycles. The standard InChI is InChI=1S/C13H15N3O/c1-15-4-3-11(8-15)13-14-7-12-6-10(9-17)2-5-16(12)13/h2,5-7,9,11H,3-4,8H2,1H3. The summed E-state index contributed by atoms with van der Waals surface area (Å²) in [6.45, 7) is 2.19. The van der Waals surface area contributed by atoms with Gasteiger partial charge in [0.2, 0.25) is 0 Å². The Bertz CT molecular complexity index is 561. The monoisotopic (exact) mass is 229 g/mol. The lowest BCUT2D eigenvalue weighted by molar-refractivity contribution is 0.112. The zero-order valence-electron chi connectivity index (χ0n) is 9.84. The third kappa shape index (κ3) is 1.74. The number of hydrogen-bond donors (Lipinski definition) is 0. The van der Waals surface area contributed by atoms with E-state index in [2.05, 4.69) is 21.3 Å². The van der Waals surface area contributed by atoms with E-state index < -0.39 is 0 Å². The molecule has 1 unspecified atom stereocenters. The van der Waals surface area contributed by atoms with Gasteiger partial charge in [0.15, 0.2) is 0 Å². The van der Waals surface area contributed by atoms with Crippen LogP contribution in [0.25, 0.3) is 5.52 Å². The smallest absolute Gasteiger partial charge is 0.150 e. The van der Waals surface area contributed by atoms with Crippen molar-refractivity contribution in [3.8, 4) is 0 Å². The number of aldehydes is 1. The second kappa shape index (κ2) is 3.96. The van der Waals surface area contributed by atoms with Crippen molar-refractivity contribution >= 4 is 11.8 Å². The van der Waals surface area contributed by atoms with Crippen LogP contribution >= 0.6 is 0 Å². The highest BCUT2D eigenvalue weighted by molar-refractivity contribution is 5.77. The highest BCUT2D eigenvalue weighted by Gasteiger charge is 2.24.